The SMILES string of the molecule is CCc1cc(Cn2ccc3cc(Cl)ccc32)n(CC)n1. The topological polar surface area (TPSA) is 22.8 Å². The van der Waals surface area contributed by atoms with Crippen LogP contribution in [0.3, 0.4) is 0 Å². The summed E-state index contributed by atoms with van der Waals surface area (Å²) < 4.78 is 4.33. The van der Waals surface area contributed by atoms with Gasteiger partial charge < -0.3 is 4.57 Å². The van der Waals surface area contributed by atoms with Crippen LogP contribution >= 0.6 is 11.6 Å². The molecule has 0 saturated carbocycles. The number of hydrogen-bond acceptors (Lipinski definition) is 1. The Hall–Kier alpha value is -1.74. The summed E-state index contributed by atoms with van der Waals surface area (Å²) in [6, 6.07) is 10.3. The summed E-state index contributed by atoms with van der Waals surface area (Å²) in [5.41, 5.74) is 3.61. The highest BCUT2D eigenvalue weighted by Crippen LogP contribution is 2.21. The molecule has 0 atom stereocenters. The molecule has 2 aromatic heterocycles. The monoisotopic (exact) mass is 287 g/mol. The van der Waals surface area contributed by atoms with Gasteiger partial charge >= 0.3 is 0 Å². The zero-order chi connectivity index (χ0) is 14.1. The third kappa shape index (κ3) is 2.34. The molecule has 20 heavy (non-hydrogen) atoms. The fourth-order valence-electron chi connectivity index (χ4n) is 2.57. The van der Waals surface area contributed by atoms with Crippen molar-refractivity contribution in [3.05, 3.63) is 52.9 Å². The second-order valence-electron chi connectivity index (χ2n) is 4.94. The number of rotatable bonds is 4. The normalized spacial score (nSPS) is 11.3. The first kappa shape index (κ1) is 13.3. The van der Waals surface area contributed by atoms with Gasteiger partial charge in [0, 0.05) is 28.7 Å². The largest absolute Gasteiger partial charge is 0.341 e. The first-order chi connectivity index (χ1) is 9.71. The molecule has 0 aliphatic carbocycles. The first-order valence-electron chi connectivity index (χ1n) is 7.01. The van der Waals surface area contributed by atoms with Crippen molar-refractivity contribution < 1.29 is 0 Å². The molecule has 0 aliphatic heterocycles. The van der Waals surface area contributed by atoms with Crippen molar-refractivity contribution in [1.29, 1.82) is 0 Å². The lowest BCUT2D eigenvalue weighted by atomic mass is 10.2. The fourth-order valence-corrected chi connectivity index (χ4v) is 2.75. The summed E-state index contributed by atoms with van der Waals surface area (Å²) in [6.45, 7) is 6.01. The average molecular weight is 288 g/mol. The molecule has 3 rings (SSSR count). The molecule has 1 aromatic carbocycles. The smallest absolute Gasteiger partial charge is 0.0645 e. The Morgan fingerprint density at radius 3 is 2.75 bits per heavy atom. The van der Waals surface area contributed by atoms with Gasteiger partial charge in [0.05, 0.1) is 17.9 Å². The second-order valence-corrected chi connectivity index (χ2v) is 5.38. The molecule has 0 fully saturated rings. The van der Waals surface area contributed by atoms with Crippen LogP contribution in [0.4, 0.5) is 0 Å². The van der Waals surface area contributed by atoms with Crippen LogP contribution in [0.25, 0.3) is 10.9 Å². The van der Waals surface area contributed by atoms with E-state index in [1.54, 1.807) is 0 Å². The van der Waals surface area contributed by atoms with E-state index in [0.29, 0.717) is 0 Å². The van der Waals surface area contributed by atoms with Gasteiger partial charge in [-0.25, -0.2) is 0 Å². The molecule has 0 radical (unpaired) electrons. The Morgan fingerprint density at radius 2 is 2.00 bits per heavy atom. The molecule has 2 heterocycles. The highest BCUT2D eigenvalue weighted by atomic mass is 35.5. The summed E-state index contributed by atoms with van der Waals surface area (Å²) >= 11 is 6.03. The van der Waals surface area contributed by atoms with E-state index in [4.69, 9.17) is 11.6 Å². The average Bonchev–Trinajstić information content (AvgIpc) is 3.03. The van der Waals surface area contributed by atoms with Crippen LogP contribution in [0.15, 0.2) is 36.5 Å². The summed E-state index contributed by atoms with van der Waals surface area (Å²) in [5, 5.41) is 6.56. The fraction of sp³-hybridized carbons (Fsp3) is 0.312. The number of nitrogens with zero attached hydrogens (tertiary/aromatic N) is 3. The zero-order valence-electron chi connectivity index (χ0n) is 11.8. The molecule has 0 N–H and O–H groups in total. The maximum atomic E-state index is 6.03. The van der Waals surface area contributed by atoms with E-state index in [1.807, 2.05) is 12.1 Å². The highest BCUT2D eigenvalue weighted by molar-refractivity contribution is 6.31. The van der Waals surface area contributed by atoms with Gasteiger partial charge in [-0.2, -0.15) is 5.10 Å². The van der Waals surface area contributed by atoms with Crippen molar-refractivity contribution >= 4 is 22.5 Å². The molecule has 0 aliphatic rings. The molecular formula is C16H18ClN3. The highest BCUT2D eigenvalue weighted by Gasteiger charge is 2.08. The minimum atomic E-state index is 0.780. The molecular weight excluding hydrogens is 270 g/mol. The van der Waals surface area contributed by atoms with E-state index in [-0.39, 0.29) is 0 Å². The van der Waals surface area contributed by atoms with Gasteiger partial charge in [0.15, 0.2) is 0 Å². The summed E-state index contributed by atoms with van der Waals surface area (Å²) in [4.78, 5) is 0. The lowest BCUT2D eigenvalue weighted by Crippen LogP contribution is -2.07. The Bertz CT molecular complexity index is 739. The van der Waals surface area contributed by atoms with Gasteiger partial charge in [-0.05, 0) is 43.7 Å². The molecule has 3 nitrogen and oxygen atoms in total. The van der Waals surface area contributed by atoms with Crippen molar-refractivity contribution in [2.75, 3.05) is 0 Å². The lowest BCUT2D eigenvalue weighted by molar-refractivity contribution is 0.599. The van der Waals surface area contributed by atoms with Gasteiger partial charge in [-0.3, -0.25) is 4.68 Å². The summed E-state index contributed by atoms with van der Waals surface area (Å²) in [5.74, 6) is 0. The van der Waals surface area contributed by atoms with Gasteiger partial charge in [-0.15, -0.1) is 0 Å². The number of fused-ring (bicyclic) bond motifs is 1. The zero-order valence-corrected chi connectivity index (χ0v) is 12.6. The third-order valence-electron chi connectivity index (χ3n) is 3.64. The van der Waals surface area contributed by atoms with Gasteiger partial charge in [0.1, 0.15) is 0 Å². The van der Waals surface area contributed by atoms with Crippen LogP contribution in [0.1, 0.15) is 25.2 Å². The predicted molar refractivity (Wildman–Crippen MR) is 83.3 cm³/mol. The van der Waals surface area contributed by atoms with Crippen LogP contribution in [-0.2, 0) is 19.5 Å². The molecule has 104 valence electrons. The van der Waals surface area contributed by atoms with Gasteiger partial charge in [-0.1, -0.05) is 18.5 Å². The lowest BCUT2D eigenvalue weighted by Gasteiger charge is -2.07. The molecule has 0 saturated heterocycles. The maximum absolute atomic E-state index is 6.03. The summed E-state index contributed by atoms with van der Waals surface area (Å²) in [7, 11) is 0. The van der Waals surface area contributed by atoms with Gasteiger partial charge in [0.25, 0.3) is 0 Å². The van der Waals surface area contributed by atoms with E-state index in [9.17, 15) is 0 Å². The Kier molecular flexibility index (Phi) is 3.53. The van der Waals surface area contributed by atoms with Crippen LogP contribution in [-0.4, -0.2) is 14.3 Å². The maximum Gasteiger partial charge on any atom is 0.0645 e. The van der Waals surface area contributed by atoms with E-state index in [1.165, 1.54) is 16.6 Å². The van der Waals surface area contributed by atoms with Crippen LogP contribution in [0.2, 0.25) is 5.02 Å². The number of hydrogen-bond donors (Lipinski definition) is 0. The quantitative estimate of drug-likeness (QED) is 0.708. The Morgan fingerprint density at radius 1 is 1.15 bits per heavy atom. The van der Waals surface area contributed by atoms with Crippen LogP contribution in [0.5, 0.6) is 0 Å². The first-order valence-corrected chi connectivity index (χ1v) is 7.39. The minimum Gasteiger partial charge on any atom is -0.341 e. The van der Waals surface area contributed by atoms with Crippen LogP contribution in [0, 0.1) is 0 Å². The number of benzene rings is 1. The Balaban J connectivity index is 1.98. The van der Waals surface area contributed by atoms with Crippen molar-refractivity contribution in [3.63, 3.8) is 0 Å². The van der Waals surface area contributed by atoms with Crippen LogP contribution < -0.4 is 0 Å². The minimum absolute atomic E-state index is 0.780. The third-order valence-corrected chi connectivity index (χ3v) is 3.88. The van der Waals surface area contributed by atoms with Crippen molar-refractivity contribution in [1.82, 2.24) is 14.3 Å². The second kappa shape index (κ2) is 5.33. The molecule has 3 aromatic rings. The van der Waals surface area contributed by atoms with E-state index in [2.05, 4.69) is 52.6 Å². The molecule has 4 heteroatoms. The van der Waals surface area contributed by atoms with Crippen molar-refractivity contribution in [2.24, 2.45) is 0 Å². The summed E-state index contributed by atoms with van der Waals surface area (Å²) in [6.07, 6.45) is 3.08. The van der Waals surface area contributed by atoms with E-state index < -0.39 is 0 Å². The number of halogens is 1. The van der Waals surface area contributed by atoms with Gasteiger partial charge in [0.2, 0.25) is 0 Å². The standard InChI is InChI=1S/C16H18ClN3/c1-3-14-10-15(20(4-2)18-14)11-19-8-7-12-9-13(17)5-6-16(12)19/h5-10H,3-4,11H2,1-2H3. The predicted octanol–water partition coefficient (Wildman–Crippen LogP) is 4.12. The molecule has 0 spiro atoms. The molecule has 0 amide bonds. The van der Waals surface area contributed by atoms with E-state index in [0.717, 1.165) is 30.2 Å². The molecule has 0 unspecified atom stereocenters. The number of aryl methyl sites for hydroxylation is 2. The van der Waals surface area contributed by atoms with E-state index >= 15 is 0 Å². The van der Waals surface area contributed by atoms with Crippen molar-refractivity contribution in [2.45, 2.75) is 33.4 Å². The molecule has 0 bridgehead atoms. The van der Waals surface area contributed by atoms with Crippen molar-refractivity contribution in [3.8, 4) is 0 Å². The number of aromatic nitrogens is 3. The Labute approximate surface area is 123 Å².